The Kier molecular flexibility index (Phi) is 8.04. The van der Waals surface area contributed by atoms with Crippen molar-refractivity contribution in [3.05, 3.63) is 0 Å². The highest BCUT2D eigenvalue weighted by Crippen LogP contribution is 2.18. The molecule has 0 aliphatic heterocycles. The number of aliphatic hydroxyl groups is 1. The Bertz CT molecular complexity index is 168. The quantitative estimate of drug-likeness (QED) is 0.690. The largest absolute Gasteiger partial charge is 0.391 e. The van der Waals surface area contributed by atoms with Crippen LogP contribution in [-0.4, -0.2) is 34.7 Å². The molecule has 2 heteroatoms. The van der Waals surface area contributed by atoms with E-state index in [4.69, 9.17) is 0 Å². The van der Waals surface area contributed by atoms with E-state index >= 15 is 0 Å². The lowest BCUT2D eigenvalue weighted by Gasteiger charge is -2.38. The number of hydrogen-bond acceptors (Lipinski definition) is 2. The third kappa shape index (κ3) is 5.31. The van der Waals surface area contributed by atoms with Gasteiger partial charge in [0.05, 0.1) is 6.10 Å². The van der Waals surface area contributed by atoms with Gasteiger partial charge < -0.3 is 5.11 Å². The van der Waals surface area contributed by atoms with Gasteiger partial charge in [-0.25, -0.2) is 0 Å². The summed E-state index contributed by atoms with van der Waals surface area (Å²) in [6, 6.07) is 0.834. The molecule has 0 bridgehead atoms. The SMILES string of the molecule is CCCC(O)C(CC)N(CC(C)C)C(C)C. The minimum absolute atomic E-state index is 0.170. The first kappa shape index (κ1) is 15.9. The van der Waals surface area contributed by atoms with Crippen LogP contribution in [0.4, 0.5) is 0 Å². The van der Waals surface area contributed by atoms with Crippen LogP contribution in [0, 0.1) is 5.92 Å². The first-order valence-corrected chi connectivity index (χ1v) is 6.87. The highest BCUT2D eigenvalue weighted by molar-refractivity contribution is 4.80. The van der Waals surface area contributed by atoms with Crippen LogP contribution < -0.4 is 0 Å². The maximum absolute atomic E-state index is 10.2. The Morgan fingerprint density at radius 2 is 1.62 bits per heavy atom. The fraction of sp³-hybridized carbons (Fsp3) is 1.00. The Morgan fingerprint density at radius 3 is 1.94 bits per heavy atom. The van der Waals surface area contributed by atoms with Crippen LogP contribution in [0.2, 0.25) is 0 Å². The molecule has 0 aliphatic rings. The molecule has 0 heterocycles. The van der Waals surface area contributed by atoms with E-state index in [1.807, 2.05) is 0 Å². The molecule has 0 spiro atoms. The molecule has 0 amide bonds. The van der Waals surface area contributed by atoms with Crippen LogP contribution in [0.1, 0.15) is 60.8 Å². The van der Waals surface area contributed by atoms with E-state index < -0.39 is 0 Å². The van der Waals surface area contributed by atoms with Crippen LogP contribution in [0.3, 0.4) is 0 Å². The van der Waals surface area contributed by atoms with Gasteiger partial charge in [-0.2, -0.15) is 0 Å². The standard InChI is InChI=1S/C14H31NO/c1-7-9-14(16)13(8-2)15(12(5)6)10-11(3)4/h11-14,16H,7-10H2,1-6H3. The molecule has 0 aromatic rings. The third-order valence-corrected chi connectivity index (χ3v) is 3.11. The molecular formula is C14H31NO. The van der Waals surface area contributed by atoms with Crippen LogP contribution in [0.15, 0.2) is 0 Å². The minimum Gasteiger partial charge on any atom is -0.391 e. The summed E-state index contributed by atoms with van der Waals surface area (Å²) in [4.78, 5) is 2.46. The van der Waals surface area contributed by atoms with Crippen molar-refractivity contribution < 1.29 is 5.11 Å². The number of hydrogen-bond donors (Lipinski definition) is 1. The van der Waals surface area contributed by atoms with Crippen molar-refractivity contribution in [3.8, 4) is 0 Å². The highest BCUT2D eigenvalue weighted by Gasteiger charge is 2.26. The number of nitrogens with zero attached hydrogens (tertiary/aromatic N) is 1. The predicted molar refractivity (Wildman–Crippen MR) is 71.7 cm³/mol. The van der Waals surface area contributed by atoms with Crippen LogP contribution in [0.25, 0.3) is 0 Å². The third-order valence-electron chi connectivity index (χ3n) is 3.11. The van der Waals surface area contributed by atoms with E-state index in [0.29, 0.717) is 18.0 Å². The smallest absolute Gasteiger partial charge is 0.0695 e. The average Bonchev–Trinajstić information content (AvgIpc) is 2.17. The van der Waals surface area contributed by atoms with E-state index in [2.05, 4.69) is 46.4 Å². The molecule has 16 heavy (non-hydrogen) atoms. The zero-order chi connectivity index (χ0) is 12.7. The number of aliphatic hydroxyl groups excluding tert-OH is 1. The van der Waals surface area contributed by atoms with E-state index in [1.165, 1.54) is 0 Å². The molecular weight excluding hydrogens is 198 g/mol. The fourth-order valence-electron chi connectivity index (χ4n) is 2.37. The minimum atomic E-state index is -0.170. The molecule has 0 radical (unpaired) electrons. The normalized spacial score (nSPS) is 16.1. The first-order valence-electron chi connectivity index (χ1n) is 6.87. The van der Waals surface area contributed by atoms with E-state index in [1.54, 1.807) is 0 Å². The Labute approximate surface area is 102 Å². The zero-order valence-corrected chi connectivity index (χ0v) is 12.0. The second-order valence-corrected chi connectivity index (χ2v) is 5.52. The molecule has 0 aliphatic carbocycles. The summed E-state index contributed by atoms with van der Waals surface area (Å²) >= 11 is 0. The lowest BCUT2D eigenvalue weighted by atomic mass is 9.99. The average molecular weight is 229 g/mol. The summed E-state index contributed by atoms with van der Waals surface area (Å²) in [5.41, 5.74) is 0. The van der Waals surface area contributed by atoms with Crippen LogP contribution >= 0.6 is 0 Å². The van der Waals surface area contributed by atoms with Crippen LogP contribution in [0.5, 0.6) is 0 Å². The van der Waals surface area contributed by atoms with Crippen molar-refractivity contribution in [2.75, 3.05) is 6.54 Å². The topological polar surface area (TPSA) is 23.5 Å². The van der Waals surface area contributed by atoms with Crippen molar-refractivity contribution in [2.24, 2.45) is 5.92 Å². The van der Waals surface area contributed by atoms with Gasteiger partial charge in [0.1, 0.15) is 0 Å². The second kappa shape index (κ2) is 8.08. The van der Waals surface area contributed by atoms with Crippen molar-refractivity contribution in [3.63, 3.8) is 0 Å². The van der Waals surface area contributed by atoms with Gasteiger partial charge in [0.2, 0.25) is 0 Å². The summed E-state index contributed by atoms with van der Waals surface area (Å²) in [6.07, 6.45) is 2.84. The number of rotatable bonds is 8. The first-order chi connectivity index (χ1) is 7.43. The molecule has 0 fully saturated rings. The van der Waals surface area contributed by atoms with Gasteiger partial charge in [-0.05, 0) is 32.6 Å². The molecule has 2 nitrogen and oxygen atoms in total. The summed E-state index contributed by atoms with van der Waals surface area (Å²) < 4.78 is 0. The second-order valence-electron chi connectivity index (χ2n) is 5.52. The Morgan fingerprint density at radius 1 is 1.06 bits per heavy atom. The fourth-order valence-corrected chi connectivity index (χ4v) is 2.37. The summed E-state index contributed by atoms with van der Waals surface area (Å²) in [5, 5.41) is 10.2. The maximum Gasteiger partial charge on any atom is 0.0695 e. The van der Waals surface area contributed by atoms with Crippen molar-refractivity contribution in [1.82, 2.24) is 4.90 Å². The predicted octanol–water partition coefficient (Wildman–Crippen LogP) is 3.29. The van der Waals surface area contributed by atoms with Crippen molar-refractivity contribution in [1.29, 1.82) is 0 Å². The van der Waals surface area contributed by atoms with Gasteiger partial charge in [-0.1, -0.05) is 34.1 Å². The van der Waals surface area contributed by atoms with E-state index in [0.717, 1.165) is 25.8 Å². The van der Waals surface area contributed by atoms with Crippen LogP contribution in [-0.2, 0) is 0 Å². The zero-order valence-electron chi connectivity index (χ0n) is 12.0. The lowest BCUT2D eigenvalue weighted by Crippen LogP contribution is -2.48. The monoisotopic (exact) mass is 229 g/mol. The molecule has 1 N–H and O–H groups in total. The summed E-state index contributed by atoms with van der Waals surface area (Å²) in [5.74, 6) is 0.658. The van der Waals surface area contributed by atoms with Gasteiger partial charge in [0, 0.05) is 18.6 Å². The highest BCUT2D eigenvalue weighted by atomic mass is 16.3. The lowest BCUT2D eigenvalue weighted by molar-refractivity contribution is 0.0179. The van der Waals surface area contributed by atoms with Gasteiger partial charge in [0.15, 0.2) is 0 Å². The van der Waals surface area contributed by atoms with E-state index in [-0.39, 0.29) is 6.10 Å². The molecule has 0 saturated carbocycles. The molecule has 0 saturated heterocycles. The molecule has 0 aromatic carbocycles. The van der Waals surface area contributed by atoms with E-state index in [9.17, 15) is 5.11 Å². The van der Waals surface area contributed by atoms with Gasteiger partial charge in [0.25, 0.3) is 0 Å². The summed E-state index contributed by atoms with van der Waals surface area (Å²) in [7, 11) is 0. The Hall–Kier alpha value is -0.0800. The molecule has 2 unspecified atom stereocenters. The summed E-state index contributed by atoms with van der Waals surface area (Å²) in [6.45, 7) is 14.3. The maximum atomic E-state index is 10.2. The Balaban J connectivity index is 4.56. The van der Waals surface area contributed by atoms with Crippen molar-refractivity contribution in [2.45, 2.75) is 79.0 Å². The van der Waals surface area contributed by atoms with Gasteiger partial charge >= 0.3 is 0 Å². The molecule has 98 valence electrons. The van der Waals surface area contributed by atoms with Gasteiger partial charge in [-0.3, -0.25) is 4.90 Å². The van der Waals surface area contributed by atoms with Gasteiger partial charge in [-0.15, -0.1) is 0 Å². The molecule has 0 rings (SSSR count). The molecule has 2 atom stereocenters. The van der Waals surface area contributed by atoms with Crippen molar-refractivity contribution >= 4 is 0 Å². The molecule has 0 aromatic heterocycles.